The minimum absolute atomic E-state index is 0.135. The highest BCUT2D eigenvalue weighted by Gasteiger charge is 2.20. The first-order chi connectivity index (χ1) is 7.95. The molecule has 1 unspecified atom stereocenters. The Kier molecular flexibility index (Phi) is 3.81. The Labute approximate surface area is 96.4 Å². The Balaban J connectivity index is 3.09. The van der Waals surface area contributed by atoms with Crippen molar-refractivity contribution in [2.45, 2.75) is 13.0 Å². The van der Waals surface area contributed by atoms with E-state index in [1.54, 1.807) is 0 Å². The summed E-state index contributed by atoms with van der Waals surface area (Å²) in [6.07, 6.45) is 0. The number of pyridine rings is 1. The van der Waals surface area contributed by atoms with Crippen LogP contribution >= 0.6 is 0 Å². The molecule has 0 aliphatic heterocycles. The van der Waals surface area contributed by atoms with E-state index in [9.17, 15) is 14.9 Å². The molecule has 0 aliphatic rings. The van der Waals surface area contributed by atoms with Gasteiger partial charge in [0, 0.05) is 12.1 Å². The van der Waals surface area contributed by atoms with Crippen LogP contribution < -0.4 is 10.1 Å². The predicted octanol–water partition coefficient (Wildman–Crippen LogP) is 0.883. The Morgan fingerprint density at radius 1 is 1.65 bits per heavy atom. The van der Waals surface area contributed by atoms with Gasteiger partial charge in [0.2, 0.25) is 11.7 Å². The quantitative estimate of drug-likeness (QED) is 0.580. The minimum atomic E-state index is -1.14. The molecule has 0 fully saturated rings. The van der Waals surface area contributed by atoms with Gasteiger partial charge in [0.05, 0.1) is 12.0 Å². The molecule has 1 aromatic rings. The molecule has 1 aromatic heterocycles. The number of ether oxygens (including phenoxy) is 1. The van der Waals surface area contributed by atoms with Crippen LogP contribution in [-0.2, 0) is 4.79 Å². The molecule has 0 spiro atoms. The zero-order valence-corrected chi connectivity index (χ0v) is 9.21. The molecule has 1 rings (SSSR count). The number of aromatic nitrogens is 1. The summed E-state index contributed by atoms with van der Waals surface area (Å²) in [6, 6.07) is 1.53. The number of nitrogens with one attached hydrogen (secondary N) is 1. The standard InChI is InChI=1S/C9H11N3O5/c1-5(9(13)14)10-8-6(12(15)16)3-4-7(11-8)17-2/h3-5H,1-2H3,(H,10,11)(H,13,14). The maximum absolute atomic E-state index is 10.7. The predicted molar refractivity (Wildman–Crippen MR) is 58.2 cm³/mol. The zero-order chi connectivity index (χ0) is 13.0. The molecule has 1 atom stereocenters. The molecule has 1 heterocycles. The number of anilines is 1. The van der Waals surface area contributed by atoms with Crippen LogP contribution in [0.4, 0.5) is 11.5 Å². The third kappa shape index (κ3) is 3.03. The van der Waals surface area contributed by atoms with Gasteiger partial charge < -0.3 is 15.2 Å². The number of hydrogen-bond acceptors (Lipinski definition) is 6. The largest absolute Gasteiger partial charge is 0.481 e. The van der Waals surface area contributed by atoms with Crippen LogP contribution in [0.1, 0.15) is 6.92 Å². The molecule has 2 N–H and O–H groups in total. The Morgan fingerprint density at radius 3 is 2.76 bits per heavy atom. The van der Waals surface area contributed by atoms with Crippen LogP contribution in [0.25, 0.3) is 0 Å². The molecule has 0 amide bonds. The number of aliphatic carboxylic acids is 1. The van der Waals surface area contributed by atoms with E-state index in [0.29, 0.717) is 0 Å². The third-order valence-corrected chi connectivity index (χ3v) is 1.98. The van der Waals surface area contributed by atoms with Crippen LogP contribution in [-0.4, -0.2) is 34.1 Å². The van der Waals surface area contributed by atoms with Crippen LogP contribution in [0.15, 0.2) is 12.1 Å². The van der Waals surface area contributed by atoms with Gasteiger partial charge in [-0.3, -0.25) is 14.9 Å². The fourth-order valence-electron chi connectivity index (χ4n) is 1.07. The van der Waals surface area contributed by atoms with Crippen molar-refractivity contribution in [3.8, 4) is 5.88 Å². The summed E-state index contributed by atoms with van der Waals surface area (Å²) in [5, 5.41) is 21.9. The Hall–Kier alpha value is -2.38. The van der Waals surface area contributed by atoms with E-state index in [1.165, 1.54) is 26.2 Å². The van der Waals surface area contributed by atoms with Crippen LogP contribution in [0.2, 0.25) is 0 Å². The fourth-order valence-corrected chi connectivity index (χ4v) is 1.07. The molecule has 92 valence electrons. The summed E-state index contributed by atoms with van der Waals surface area (Å²) >= 11 is 0. The highest BCUT2D eigenvalue weighted by atomic mass is 16.6. The fraction of sp³-hybridized carbons (Fsp3) is 0.333. The van der Waals surface area contributed by atoms with E-state index < -0.39 is 16.9 Å². The van der Waals surface area contributed by atoms with Gasteiger partial charge >= 0.3 is 11.7 Å². The molecule has 8 nitrogen and oxygen atoms in total. The molecule has 0 aliphatic carbocycles. The number of rotatable bonds is 5. The van der Waals surface area contributed by atoms with Crippen molar-refractivity contribution in [3.05, 3.63) is 22.2 Å². The van der Waals surface area contributed by atoms with Crippen molar-refractivity contribution in [1.82, 2.24) is 4.98 Å². The van der Waals surface area contributed by atoms with E-state index in [2.05, 4.69) is 10.3 Å². The first-order valence-corrected chi connectivity index (χ1v) is 4.64. The van der Waals surface area contributed by atoms with Crippen LogP contribution in [0, 0.1) is 10.1 Å². The van der Waals surface area contributed by atoms with Crippen molar-refractivity contribution in [2.24, 2.45) is 0 Å². The number of carboxylic acid groups (broad SMARTS) is 1. The molecule has 0 saturated heterocycles. The molecule has 0 saturated carbocycles. The summed E-state index contributed by atoms with van der Waals surface area (Å²) in [5.41, 5.74) is -0.307. The van der Waals surface area contributed by atoms with Crippen molar-refractivity contribution in [2.75, 3.05) is 12.4 Å². The van der Waals surface area contributed by atoms with E-state index in [0.717, 1.165) is 0 Å². The number of nitro groups is 1. The molecular weight excluding hydrogens is 230 g/mol. The summed E-state index contributed by atoms with van der Waals surface area (Å²) in [5.74, 6) is -1.11. The van der Waals surface area contributed by atoms with Crippen molar-refractivity contribution >= 4 is 17.5 Å². The normalized spacial score (nSPS) is 11.6. The SMILES string of the molecule is COc1ccc([N+](=O)[O-])c(NC(C)C(=O)O)n1. The first-order valence-electron chi connectivity index (χ1n) is 4.64. The maximum atomic E-state index is 10.7. The topological polar surface area (TPSA) is 115 Å². The van der Waals surface area contributed by atoms with Crippen LogP contribution in [0.3, 0.4) is 0 Å². The Bertz CT molecular complexity index is 448. The number of methoxy groups -OCH3 is 1. The average molecular weight is 241 g/mol. The van der Waals surface area contributed by atoms with Crippen LogP contribution in [0.5, 0.6) is 5.88 Å². The summed E-state index contributed by atoms with van der Waals surface area (Å²) in [4.78, 5) is 24.5. The first kappa shape index (κ1) is 12.7. The molecular formula is C9H11N3O5. The van der Waals surface area contributed by atoms with Gasteiger partial charge in [0.1, 0.15) is 6.04 Å². The van der Waals surface area contributed by atoms with Crippen molar-refractivity contribution < 1.29 is 19.6 Å². The highest BCUT2D eigenvalue weighted by molar-refractivity contribution is 5.77. The van der Waals surface area contributed by atoms with Gasteiger partial charge in [-0.05, 0) is 6.92 Å². The average Bonchev–Trinajstić information content (AvgIpc) is 2.28. The summed E-state index contributed by atoms with van der Waals surface area (Å²) in [6.45, 7) is 1.35. The second kappa shape index (κ2) is 5.10. The lowest BCUT2D eigenvalue weighted by atomic mass is 10.3. The van der Waals surface area contributed by atoms with Gasteiger partial charge in [0.15, 0.2) is 0 Å². The summed E-state index contributed by atoms with van der Waals surface area (Å²) in [7, 11) is 1.36. The number of hydrogen-bond donors (Lipinski definition) is 2. The number of carboxylic acids is 1. The molecule has 0 radical (unpaired) electrons. The van der Waals surface area contributed by atoms with Gasteiger partial charge in [-0.1, -0.05) is 0 Å². The molecule has 17 heavy (non-hydrogen) atoms. The van der Waals surface area contributed by atoms with E-state index in [4.69, 9.17) is 9.84 Å². The second-order valence-electron chi connectivity index (χ2n) is 3.18. The van der Waals surface area contributed by atoms with E-state index in [1.807, 2.05) is 0 Å². The van der Waals surface area contributed by atoms with Gasteiger partial charge in [0.25, 0.3) is 0 Å². The van der Waals surface area contributed by atoms with E-state index in [-0.39, 0.29) is 17.4 Å². The lowest BCUT2D eigenvalue weighted by Crippen LogP contribution is -2.26. The van der Waals surface area contributed by atoms with Gasteiger partial charge in [-0.15, -0.1) is 0 Å². The lowest BCUT2D eigenvalue weighted by molar-refractivity contribution is -0.384. The Morgan fingerprint density at radius 2 is 2.29 bits per heavy atom. The molecule has 0 aromatic carbocycles. The molecule has 0 bridgehead atoms. The minimum Gasteiger partial charge on any atom is -0.481 e. The smallest absolute Gasteiger partial charge is 0.325 e. The number of nitrogens with zero attached hydrogens (tertiary/aromatic N) is 2. The number of carbonyl (C=O) groups is 1. The van der Waals surface area contributed by atoms with E-state index >= 15 is 0 Å². The summed E-state index contributed by atoms with van der Waals surface area (Å²) < 4.78 is 4.81. The van der Waals surface area contributed by atoms with Crippen molar-refractivity contribution in [1.29, 1.82) is 0 Å². The molecule has 8 heteroatoms. The third-order valence-electron chi connectivity index (χ3n) is 1.98. The van der Waals surface area contributed by atoms with Gasteiger partial charge in [-0.2, -0.15) is 4.98 Å². The zero-order valence-electron chi connectivity index (χ0n) is 9.21. The highest BCUT2D eigenvalue weighted by Crippen LogP contribution is 2.25. The maximum Gasteiger partial charge on any atom is 0.325 e. The van der Waals surface area contributed by atoms with Gasteiger partial charge in [-0.25, -0.2) is 0 Å². The lowest BCUT2D eigenvalue weighted by Gasteiger charge is -2.10. The monoisotopic (exact) mass is 241 g/mol. The van der Waals surface area contributed by atoms with Crippen molar-refractivity contribution in [3.63, 3.8) is 0 Å². The second-order valence-corrected chi connectivity index (χ2v) is 3.18.